The lowest BCUT2D eigenvalue weighted by Gasteiger charge is -2.23. The van der Waals surface area contributed by atoms with Gasteiger partial charge >= 0.3 is 0 Å². The molecule has 2 aromatic heterocycles. The monoisotopic (exact) mass is 543 g/mol. The predicted octanol–water partition coefficient (Wildman–Crippen LogP) is 6.66. The normalized spacial score (nSPS) is 17.1. The highest BCUT2D eigenvalue weighted by Gasteiger charge is 2.26. The Morgan fingerprint density at radius 2 is 1.98 bits per heavy atom. The van der Waals surface area contributed by atoms with E-state index in [-0.39, 0.29) is 12.1 Å². The molecule has 0 radical (unpaired) electrons. The molecule has 2 aliphatic rings. The Morgan fingerprint density at radius 1 is 1.15 bits per heavy atom. The smallest absolute Gasteiger partial charge is 0.156 e. The van der Waals surface area contributed by atoms with Crippen molar-refractivity contribution in [3.05, 3.63) is 119 Å². The highest BCUT2D eigenvalue weighted by Crippen LogP contribution is 2.38. The van der Waals surface area contributed by atoms with Gasteiger partial charge in [0, 0.05) is 23.5 Å². The molecule has 0 saturated heterocycles. The van der Waals surface area contributed by atoms with Crippen molar-refractivity contribution in [1.29, 1.82) is 0 Å². The molecule has 0 bridgehead atoms. The number of benzene rings is 2. The molecule has 41 heavy (non-hydrogen) atoms. The van der Waals surface area contributed by atoms with Crippen molar-refractivity contribution in [3.63, 3.8) is 0 Å². The van der Waals surface area contributed by atoms with E-state index in [2.05, 4.69) is 86.6 Å². The first-order valence-electron chi connectivity index (χ1n) is 14.2. The molecule has 0 amide bonds. The molecular weight excluding hydrogens is 506 g/mol. The Morgan fingerprint density at radius 3 is 2.78 bits per heavy atom. The molecule has 1 aliphatic heterocycles. The van der Waals surface area contributed by atoms with Gasteiger partial charge in [0.05, 0.1) is 23.6 Å². The highest BCUT2D eigenvalue weighted by atomic mass is 15.3. The topological polar surface area (TPSA) is 92.6 Å². The summed E-state index contributed by atoms with van der Waals surface area (Å²) < 4.78 is 1.74. The number of nitrogens with two attached hydrogens (primary N) is 1. The van der Waals surface area contributed by atoms with Crippen LogP contribution < -0.4 is 16.4 Å². The number of aliphatic imine (C=N–C) groups is 1. The van der Waals surface area contributed by atoms with Crippen molar-refractivity contribution in [1.82, 2.24) is 19.9 Å². The van der Waals surface area contributed by atoms with E-state index >= 15 is 0 Å². The molecule has 4 aromatic rings. The summed E-state index contributed by atoms with van der Waals surface area (Å²) in [6.45, 7) is 18.9. The molecule has 2 aromatic carbocycles. The van der Waals surface area contributed by atoms with E-state index in [0.29, 0.717) is 28.6 Å². The van der Waals surface area contributed by atoms with Gasteiger partial charge in [0.1, 0.15) is 11.5 Å². The number of fused-ring (bicyclic) bond motifs is 3. The van der Waals surface area contributed by atoms with Gasteiger partial charge < -0.3 is 16.4 Å². The van der Waals surface area contributed by atoms with Crippen LogP contribution in [0.5, 0.6) is 0 Å². The minimum absolute atomic E-state index is 0.000137. The lowest BCUT2D eigenvalue weighted by molar-refractivity contribution is 0.698. The molecule has 0 spiro atoms. The fourth-order valence-corrected chi connectivity index (χ4v) is 6.09. The van der Waals surface area contributed by atoms with E-state index in [9.17, 15) is 0 Å². The number of anilines is 1. The zero-order chi connectivity index (χ0) is 28.8. The third-order valence-electron chi connectivity index (χ3n) is 8.38. The number of nitrogens with zero attached hydrogens (tertiary/aromatic N) is 4. The van der Waals surface area contributed by atoms with Crippen LogP contribution >= 0.6 is 0 Å². The number of rotatable bonds is 7. The van der Waals surface area contributed by atoms with Gasteiger partial charge in [0.15, 0.2) is 5.65 Å². The molecule has 4 N–H and O–H groups in total. The maximum absolute atomic E-state index is 6.69. The third-order valence-corrected chi connectivity index (χ3v) is 8.38. The minimum atomic E-state index is 0.000137. The Kier molecular flexibility index (Phi) is 6.73. The molecule has 0 saturated carbocycles. The van der Waals surface area contributed by atoms with Crippen LogP contribution in [0.1, 0.15) is 83.5 Å². The Labute approximate surface area is 241 Å². The lowest BCUT2D eigenvalue weighted by Crippen LogP contribution is -2.22. The number of aryl methyl sites for hydroxylation is 1. The summed E-state index contributed by atoms with van der Waals surface area (Å²) in [5.41, 5.74) is 20.3. The molecule has 3 heterocycles. The van der Waals surface area contributed by atoms with E-state index in [1.807, 2.05) is 12.1 Å². The van der Waals surface area contributed by atoms with Gasteiger partial charge in [-0.1, -0.05) is 49.6 Å². The molecule has 2 unspecified atom stereocenters. The number of hydrogen-bond donors (Lipinski definition) is 3. The Bertz CT molecular complexity index is 1760. The summed E-state index contributed by atoms with van der Waals surface area (Å²) in [5, 5.41) is 11.4. The van der Waals surface area contributed by atoms with E-state index < -0.39 is 0 Å². The Hall–Kier alpha value is -4.65. The second-order valence-electron chi connectivity index (χ2n) is 11.3. The zero-order valence-corrected chi connectivity index (χ0v) is 24.1. The first-order valence-corrected chi connectivity index (χ1v) is 14.2. The van der Waals surface area contributed by atoms with Crippen LogP contribution in [-0.2, 0) is 12.8 Å². The van der Waals surface area contributed by atoms with Gasteiger partial charge in [0.25, 0.3) is 0 Å². The van der Waals surface area contributed by atoms with Crippen LogP contribution in [0.2, 0.25) is 0 Å². The van der Waals surface area contributed by atoms with Crippen LogP contribution in [-0.4, -0.2) is 20.4 Å². The van der Waals surface area contributed by atoms with Gasteiger partial charge in [-0.25, -0.2) is 9.50 Å². The van der Waals surface area contributed by atoms with Crippen molar-refractivity contribution in [3.8, 4) is 0 Å². The van der Waals surface area contributed by atoms with Crippen LogP contribution in [0.4, 0.5) is 5.69 Å². The van der Waals surface area contributed by atoms with Gasteiger partial charge in [0.2, 0.25) is 0 Å². The standard InChI is InChI=1S/C34H37N7/c1-19(2)26-11-12-28-27(21(26)4)13-14-29(28)40-34(35)32-18-30(39-33-15-16-36-41(32)33)23(6)38-22(5)25-10-9-24-8-7-20(3)37-31(24)17-25/h9-12,15-18,22,29,37-38H,1,3,6-8,13-14H2,2,4-5H3,(H2,35,40). The van der Waals surface area contributed by atoms with Crippen molar-refractivity contribution < 1.29 is 0 Å². The maximum atomic E-state index is 6.69. The molecule has 7 heteroatoms. The second-order valence-corrected chi connectivity index (χ2v) is 11.3. The molecule has 6 rings (SSSR count). The van der Waals surface area contributed by atoms with E-state index in [0.717, 1.165) is 48.2 Å². The quantitative estimate of drug-likeness (QED) is 0.179. The number of amidine groups is 1. The summed E-state index contributed by atoms with van der Waals surface area (Å²) in [5.74, 6) is 0.434. The van der Waals surface area contributed by atoms with Crippen LogP contribution in [0.15, 0.2) is 79.1 Å². The van der Waals surface area contributed by atoms with E-state index in [4.69, 9.17) is 15.7 Å². The first-order chi connectivity index (χ1) is 19.7. The van der Waals surface area contributed by atoms with Gasteiger partial charge in [-0.05, 0) is 92.0 Å². The van der Waals surface area contributed by atoms with Crippen molar-refractivity contribution >= 4 is 28.4 Å². The van der Waals surface area contributed by atoms with Crippen LogP contribution in [0.3, 0.4) is 0 Å². The summed E-state index contributed by atoms with van der Waals surface area (Å²) in [4.78, 5) is 9.81. The first kappa shape index (κ1) is 26.6. The van der Waals surface area contributed by atoms with Gasteiger partial charge in [-0.3, -0.25) is 4.99 Å². The molecule has 7 nitrogen and oxygen atoms in total. The maximum Gasteiger partial charge on any atom is 0.156 e. The van der Waals surface area contributed by atoms with Crippen molar-refractivity contribution in [2.75, 3.05) is 5.32 Å². The number of nitrogens with one attached hydrogen (secondary N) is 2. The largest absolute Gasteiger partial charge is 0.382 e. The lowest BCUT2D eigenvalue weighted by atomic mass is 9.95. The summed E-state index contributed by atoms with van der Waals surface area (Å²) in [6, 6.07) is 14.7. The zero-order valence-electron chi connectivity index (χ0n) is 24.1. The summed E-state index contributed by atoms with van der Waals surface area (Å²) in [7, 11) is 0. The highest BCUT2D eigenvalue weighted by molar-refractivity contribution is 5.97. The third kappa shape index (κ3) is 4.92. The van der Waals surface area contributed by atoms with Gasteiger partial charge in [-0.2, -0.15) is 5.10 Å². The number of hydrogen-bond acceptors (Lipinski definition) is 5. The fourth-order valence-electron chi connectivity index (χ4n) is 6.09. The molecule has 1 aliphatic carbocycles. The van der Waals surface area contributed by atoms with Gasteiger partial charge in [-0.15, -0.1) is 0 Å². The summed E-state index contributed by atoms with van der Waals surface area (Å²) in [6.07, 6.45) is 5.61. The number of aromatic nitrogens is 3. The molecule has 0 fully saturated rings. The average Bonchev–Trinajstić information content (AvgIpc) is 3.59. The van der Waals surface area contributed by atoms with E-state index in [1.54, 1.807) is 10.7 Å². The molecule has 2 atom stereocenters. The molecular formula is C34H37N7. The summed E-state index contributed by atoms with van der Waals surface area (Å²) >= 11 is 0. The van der Waals surface area contributed by atoms with Crippen LogP contribution in [0.25, 0.3) is 16.9 Å². The van der Waals surface area contributed by atoms with Crippen molar-refractivity contribution in [2.45, 2.75) is 58.5 Å². The minimum Gasteiger partial charge on any atom is -0.382 e. The fraction of sp³-hybridized carbons (Fsp3) is 0.265. The molecule has 208 valence electrons. The predicted molar refractivity (Wildman–Crippen MR) is 169 cm³/mol. The second kappa shape index (κ2) is 10.4. The number of allylic oxidation sites excluding steroid dienone is 2. The van der Waals surface area contributed by atoms with Crippen LogP contribution in [0, 0.1) is 6.92 Å². The Balaban J connectivity index is 1.27. The van der Waals surface area contributed by atoms with E-state index in [1.165, 1.54) is 27.8 Å². The SMILES string of the molecule is C=C1CCc2ccc(C(C)NC(=C)c3cc(C(N)=NC4CCc5c4ccc(C(=C)C)c5C)n4nccc4n3)cc2N1. The average molecular weight is 544 g/mol. The van der Waals surface area contributed by atoms with Crippen molar-refractivity contribution in [2.24, 2.45) is 10.7 Å².